The standard InChI is InChI=1S/C13H21N3O2/c1-9-12(10(2)15(3)14-9)7-13(18)16-6-4-5-11(16)8-17/h11,17H,4-8H2,1-3H3/t11-/m1/s1. The highest BCUT2D eigenvalue weighted by molar-refractivity contribution is 5.80. The van der Waals surface area contributed by atoms with E-state index in [4.69, 9.17) is 0 Å². The summed E-state index contributed by atoms with van der Waals surface area (Å²) in [6.07, 6.45) is 2.29. The van der Waals surface area contributed by atoms with Crippen LogP contribution in [-0.4, -0.2) is 44.9 Å². The molecule has 1 N–H and O–H groups in total. The van der Waals surface area contributed by atoms with E-state index < -0.39 is 0 Å². The molecule has 5 heteroatoms. The van der Waals surface area contributed by atoms with Gasteiger partial charge in [0.25, 0.3) is 0 Å². The van der Waals surface area contributed by atoms with E-state index in [1.807, 2.05) is 30.5 Å². The highest BCUT2D eigenvalue weighted by Crippen LogP contribution is 2.20. The molecule has 5 nitrogen and oxygen atoms in total. The van der Waals surface area contributed by atoms with Crippen LogP contribution < -0.4 is 0 Å². The van der Waals surface area contributed by atoms with Gasteiger partial charge in [-0.05, 0) is 26.7 Å². The fourth-order valence-electron chi connectivity index (χ4n) is 2.68. The second kappa shape index (κ2) is 5.10. The van der Waals surface area contributed by atoms with E-state index in [1.54, 1.807) is 0 Å². The maximum absolute atomic E-state index is 12.3. The van der Waals surface area contributed by atoms with Crippen LogP contribution in [0.15, 0.2) is 0 Å². The number of carbonyl (C=O) groups excluding carboxylic acids is 1. The molecule has 1 aliphatic rings. The molecule has 18 heavy (non-hydrogen) atoms. The maximum Gasteiger partial charge on any atom is 0.227 e. The van der Waals surface area contributed by atoms with Crippen molar-refractivity contribution in [2.24, 2.45) is 7.05 Å². The molecule has 1 atom stereocenters. The zero-order valence-electron chi connectivity index (χ0n) is 11.3. The van der Waals surface area contributed by atoms with E-state index in [9.17, 15) is 9.90 Å². The molecule has 1 aromatic rings. The summed E-state index contributed by atoms with van der Waals surface area (Å²) in [7, 11) is 1.89. The number of hydrogen-bond acceptors (Lipinski definition) is 3. The van der Waals surface area contributed by atoms with Gasteiger partial charge in [-0.2, -0.15) is 5.10 Å². The number of aromatic nitrogens is 2. The number of aryl methyl sites for hydroxylation is 2. The van der Waals surface area contributed by atoms with Gasteiger partial charge in [0.05, 0.1) is 24.8 Å². The SMILES string of the molecule is Cc1nn(C)c(C)c1CC(=O)N1CCC[C@@H]1CO. The van der Waals surface area contributed by atoms with Gasteiger partial charge in [0.15, 0.2) is 0 Å². The van der Waals surface area contributed by atoms with Crippen molar-refractivity contribution in [1.29, 1.82) is 0 Å². The Labute approximate surface area is 107 Å². The van der Waals surface area contributed by atoms with E-state index in [-0.39, 0.29) is 18.6 Å². The first kappa shape index (κ1) is 13.1. The summed E-state index contributed by atoms with van der Waals surface area (Å²) in [5, 5.41) is 13.6. The average molecular weight is 251 g/mol. The normalized spacial score (nSPS) is 19.6. The van der Waals surface area contributed by atoms with Gasteiger partial charge < -0.3 is 10.0 Å². The van der Waals surface area contributed by atoms with Crippen molar-refractivity contribution in [2.75, 3.05) is 13.2 Å². The Morgan fingerprint density at radius 2 is 2.22 bits per heavy atom. The molecule has 0 unspecified atom stereocenters. The molecule has 0 aromatic carbocycles. The van der Waals surface area contributed by atoms with Crippen LogP contribution in [0.5, 0.6) is 0 Å². The van der Waals surface area contributed by atoms with E-state index in [0.717, 1.165) is 36.3 Å². The number of carbonyl (C=O) groups is 1. The van der Waals surface area contributed by atoms with E-state index in [0.29, 0.717) is 6.42 Å². The molecule has 1 amide bonds. The lowest BCUT2D eigenvalue weighted by Gasteiger charge is -2.23. The molecule has 0 aliphatic carbocycles. The molecular formula is C13H21N3O2. The lowest BCUT2D eigenvalue weighted by molar-refractivity contribution is -0.132. The average Bonchev–Trinajstić information content (AvgIpc) is 2.90. The minimum Gasteiger partial charge on any atom is -0.394 e. The molecule has 100 valence electrons. The Morgan fingerprint density at radius 3 is 2.78 bits per heavy atom. The van der Waals surface area contributed by atoms with Crippen molar-refractivity contribution in [3.63, 3.8) is 0 Å². The summed E-state index contributed by atoms with van der Waals surface area (Å²) in [4.78, 5) is 14.1. The Hall–Kier alpha value is -1.36. The predicted molar refractivity (Wildman–Crippen MR) is 68.2 cm³/mol. The Bertz CT molecular complexity index is 453. The number of aliphatic hydroxyl groups is 1. The number of aliphatic hydroxyl groups excluding tert-OH is 1. The largest absolute Gasteiger partial charge is 0.394 e. The summed E-state index contributed by atoms with van der Waals surface area (Å²) in [6, 6.07) is 0.00906. The van der Waals surface area contributed by atoms with Crippen molar-refractivity contribution in [2.45, 2.75) is 39.2 Å². The van der Waals surface area contributed by atoms with Gasteiger partial charge in [-0.3, -0.25) is 9.48 Å². The Balaban J connectivity index is 2.11. The first-order valence-corrected chi connectivity index (χ1v) is 6.44. The van der Waals surface area contributed by atoms with Crippen molar-refractivity contribution in [3.8, 4) is 0 Å². The zero-order valence-corrected chi connectivity index (χ0v) is 11.3. The minimum atomic E-state index is 0.00906. The summed E-state index contributed by atoms with van der Waals surface area (Å²) in [6.45, 7) is 4.75. The van der Waals surface area contributed by atoms with Crippen molar-refractivity contribution >= 4 is 5.91 Å². The van der Waals surface area contributed by atoms with Gasteiger partial charge in [0.2, 0.25) is 5.91 Å². The molecular weight excluding hydrogens is 230 g/mol. The second-order valence-corrected chi connectivity index (χ2v) is 5.02. The van der Waals surface area contributed by atoms with Gasteiger partial charge in [-0.15, -0.1) is 0 Å². The predicted octanol–water partition coefficient (Wildman–Crippen LogP) is 0.563. The van der Waals surface area contributed by atoms with Crippen LogP contribution in [-0.2, 0) is 18.3 Å². The summed E-state index contributed by atoms with van der Waals surface area (Å²) >= 11 is 0. The summed E-state index contributed by atoms with van der Waals surface area (Å²) in [5.41, 5.74) is 2.98. The maximum atomic E-state index is 12.3. The van der Waals surface area contributed by atoms with Gasteiger partial charge in [-0.25, -0.2) is 0 Å². The quantitative estimate of drug-likeness (QED) is 0.854. The number of likely N-dealkylation sites (tertiary alicyclic amines) is 1. The van der Waals surface area contributed by atoms with Crippen LogP contribution in [0.3, 0.4) is 0 Å². The molecule has 1 aromatic heterocycles. The van der Waals surface area contributed by atoms with E-state index in [2.05, 4.69) is 5.10 Å². The third kappa shape index (κ3) is 2.27. The highest BCUT2D eigenvalue weighted by Gasteiger charge is 2.28. The van der Waals surface area contributed by atoms with Gasteiger partial charge in [0, 0.05) is 24.8 Å². The number of rotatable bonds is 3. The Morgan fingerprint density at radius 1 is 1.50 bits per heavy atom. The third-order valence-electron chi connectivity index (χ3n) is 3.90. The fourth-order valence-corrected chi connectivity index (χ4v) is 2.68. The van der Waals surface area contributed by atoms with E-state index in [1.165, 1.54) is 0 Å². The third-order valence-corrected chi connectivity index (χ3v) is 3.90. The lowest BCUT2D eigenvalue weighted by Crippen LogP contribution is -2.38. The highest BCUT2D eigenvalue weighted by atomic mass is 16.3. The smallest absolute Gasteiger partial charge is 0.227 e. The van der Waals surface area contributed by atoms with Crippen LogP contribution in [0, 0.1) is 13.8 Å². The zero-order chi connectivity index (χ0) is 13.3. The van der Waals surface area contributed by atoms with Gasteiger partial charge >= 0.3 is 0 Å². The molecule has 1 fully saturated rings. The van der Waals surface area contributed by atoms with E-state index >= 15 is 0 Å². The van der Waals surface area contributed by atoms with Crippen LogP contribution in [0.4, 0.5) is 0 Å². The molecule has 0 spiro atoms. The Kier molecular flexibility index (Phi) is 3.71. The number of hydrogen-bond donors (Lipinski definition) is 1. The van der Waals surface area contributed by atoms with Gasteiger partial charge in [-0.1, -0.05) is 0 Å². The first-order valence-electron chi connectivity index (χ1n) is 6.44. The van der Waals surface area contributed by atoms with Crippen LogP contribution >= 0.6 is 0 Å². The fraction of sp³-hybridized carbons (Fsp3) is 0.692. The molecule has 1 aliphatic heterocycles. The molecule has 2 heterocycles. The summed E-state index contributed by atoms with van der Waals surface area (Å²) in [5.74, 6) is 0.103. The second-order valence-electron chi connectivity index (χ2n) is 5.02. The van der Waals surface area contributed by atoms with Crippen LogP contribution in [0.2, 0.25) is 0 Å². The summed E-state index contributed by atoms with van der Waals surface area (Å²) < 4.78 is 1.81. The van der Waals surface area contributed by atoms with Crippen LogP contribution in [0.25, 0.3) is 0 Å². The van der Waals surface area contributed by atoms with Crippen molar-refractivity contribution < 1.29 is 9.90 Å². The molecule has 2 rings (SSSR count). The monoisotopic (exact) mass is 251 g/mol. The van der Waals surface area contributed by atoms with Crippen molar-refractivity contribution in [1.82, 2.24) is 14.7 Å². The first-order chi connectivity index (χ1) is 8.54. The molecule has 0 bridgehead atoms. The minimum absolute atomic E-state index is 0.00906. The molecule has 0 radical (unpaired) electrons. The molecule has 0 saturated carbocycles. The topological polar surface area (TPSA) is 58.4 Å². The number of nitrogens with zero attached hydrogens (tertiary/aromatic N) is 3. The van der Waals surface area contributed by atoms with Crippen molar-refractivity contribution in [3.05, 3.63) is 17.0 Å². The van der Waals surface area contributed by atoms with Gasteiger partial charge in [0.1, 0.15) is 0 Å². The number of amides is 1. The lowest BCUT2D eigenvalue weighted by atomic mass is 10.1. The van der Waals surface area contributed by atoms with Crippen LogP contribution in [0.1, 0.15) is 29.8 Å². The molecule has 1 saturated heterocycles.